The van der Waals surface area contributed by atoms with E-state index in [0.717, 1.165) is 13.1 Å². The molecule has 0 aliphatic carbocycles. The van der Waals surface area contributed by atoms with Crippen LogP contribution in [0, 0.1) is 0 Å². The minimum atomic E-state index is -0.375. The van der Waals surface area contributed by atoms with Gasteiger partial charge in [0.2, 0.25) is 5.91 Å². The lowest BCUT2D eigenvalue weighted by atomic mass is 10.2. The molecule has 0 saturated carbocycles. The fraction of sp³-hybridized carbons (Fsp3) is 0.875. The van der Waals surface area contributed by atoms with Crippen LogP contribution in [0.1, 0.15) is 6.92 Å². The van der Waals surface area contributed by atoms with Gasteiger partial charge in [0, 0.05) is 26.6 Å². The molecule has 0 aromatic rings. The van der Waals surface area contributed by atoms with Crippen LogP contribution in [0.5, 0.6) is 0 Å². The van der Waals surface area contributed by atoms with E-state index in [9.17, 15) is 9.18 Å². The molecule has 0 aromatic carbocycles. The quantitative estimate of drug-likeness (QED) is 0.563. The molecular weight excluding hydrogens is 159 g/mol. The Morgan fingerprint density at radius 3 is 2.75 bits per heavy atom. The highest BCUT2D eigenvalue weighted by Gasteiger charge is 2.25. The summed E-state index contributed by atoms with van der Waals surface area (Å²) in [4.78, 5) is 14.6. The second kappa shape index (κ2) is 3.85. The number of nitrogens with zero attached hydrogens (tertiary/aromatic N) is 2. The molecule has 0 unspecified atom stereocenters. The Balaban J connectivity index is 2.49. The van der Waals surface area contributed by atoms with Crippen molar-refractivity contribution in [1.82, 2.24) is 9.80 Å². The van der Waals surface area contributed by atoms with Crippen LogP contribution in [0.3, 0.4) is 0 Å². The van der Waals surface area contributed by atoms with Gasteiger partial charge in [-0.15, -0.1) is 0 Å². The van der Waals surface area contributed by atoms with Gasteiger partial charge >= 0.3 is 0 Å². The van der Waals surface area contributed by atoms with E-state index in [1.54, 1.807) is 4.90 Å². The molecule has 12 heavy (non-hydrogen) atoms. The normalized spacial score (nSPS) is 25.9. The van der Waals surface area contributed by atoms with Gasteiger partial charge in [0.25, 0.3) is 0 Å². The predicted molar refractivity (Wildman–Crippen MR) is 44.6 cm³/mol. The largest absolute Gasteiger partial charge is 0.340 e. The molecule has 1 atom stereocenters. The third-order valence-corrected chi connectivity index (χ3v) is 2.40. The number of amides is 1. The molecule has 1 rings (SSSR count). The van der Waals surface area contributed by atoms with Crippen molar-refractivity contribution in [3.8, 4) is 0 Å². The zero-order chi connectivity index (χ0) is 9.14. The molecular formula is C8H15FN2O. The van der Waals surface area contributed by atoms with Crippen LogP contribution in [0.2, 0.25) is 0 Å². The van der Waals surface area contributed by atoms with E-state index in [1.807, 2.05) is 11.9 Å². The van der Waals surface area contributed by atoms with Crippen molar-refractivity contribution in [1.29, 1.82) is 0 Å². The van der Waals surface area contributed by atoms with Crippen LogP contribution >= 0.6 is 0 Å². The van der Waals surface area contributed by atoms with Gasteiger partial charge in [-0.3, -0.25) is 9.69 Å². The van der Waals surface area contributed by atoms with Gasteiger partial charge in [-0.2, -0.15) is 0 Å². The number of halogens is 1. The van der Waals surface area contributed by atoms with Crippen molar-refractivity contribution in [2.75, 3.05) is 33.4 Å². The first kappa shape index (κ1) is 9.45. The fourth-order valence-corrected chi connectivity index (χ4v) is 1.40. The number of carbonyl (C=O) groups is 1. The standard InChI is InChI=1S/C8H15FN2O/c1-7(12)11-4-3-10(2)8(5-9)6-11/h8H,3-6H2,1-2H3/t8-/m1/s1. The zero-order valence-corrected chi connectivity index (χ0v) is 7.59. The summed E-state index contributed by atoms with van der Waals surface area (Å²) in [5.74, 6) is 0.0431. The van der Waals surface area contributed by atoms with E-state index in [4.69, 9.17) is 0 Å². The Labute approximate surface area is 72.1 Å². The van der Waals surface area contributed by atoms with Crippen molar-refractivity contribution in [3.05, 3.63) is 0 Å². The number of rotatable bonds is 1. The number of alkyl halides is 1. The second-order valence-corrected chi connectivity index (χ2v) is 3.25. The molecule has 0 aromatic heterocycles. The fourth-order valence-electron chi connectivity index (χ4n) is 1.40. The molecule has 0 N–H and O–H groups in total. The molecule has 1 aliphatic heterocycles. The van der Waals surface area contributed by atoms with E-state index in [2.05, 4.69) is 0 Å². The van der Waals surface area contributed by atoms with Crippen LogP contribution in [0.25, 0.3) is 0 Å². The van der Waals surface area contributed by atoms with Crippen LogP contribution < -0.4 is 0 Å². The lowest BCUT2D eigenvalue weighted by molar-refractivity contribution is -0.131. The number of hydrogen-bond donors (Lipinski definition) is 0. The van der Waals surface area contributed by atoms with Gasteiger partial charge in [-0.1, -0.05) is 0 Å². The SMILES string of the molecule is CC(=O)N1CCN(C)[C@H](CF)C1. The first-order valence-electron chi connectivity index (χ1n) is 4.17. The first-order valence-corrected chi connectivity index (χ1v) is 4.17. The summed E-state index contributed by atoms with van der Waals surface area (Å²) >= 11 is 0. The number of hydrogen-bond acceptors (Lipinski definition) is 2. The molecule has 1 aliphatic rings. The predicted octanol–water partition coefficient (Wildman–Crippen LogP) is 0.118. The third kappa shape index (κ3) is 1.94. The van der Waals surface area contributed by atoms with Gasteiger partial charge in [0.05, 0.1) is 6.04 Å². The second-order valence-electron chi connectivity index (χ2n) is 3.25. The average Bonchev–Trinajstić information content (AvgIpc) is 2.05. The van der Waals surface area contributed by atoms with Crippen molar-refractivity contribution < 1.29 is 9.18 Å². The summed E-state index contributed by atoms with van der Waals surface area (Å²) in [7, 11) is 1.89. The van der Waals surface area contributed by atoms with E-state index >= 15 is 0 Å². The molecule has 1 heterocycles. The number of likely N-dealkylation sites (N-methyl/N-ethyl adjacent to an activating group) is 1. The highest BCUT2D eigenvalue weighted by molar-refractivity contribution is 5.73. The summed E-state index contributed by atoms with van der Waals surface area (Å²) in [5, 5.41) is 0. The molecule has 1 fully saturated rings. The topological polar surface area (TPSA) is 23.6 Å². The van der Waals surface area contributed by atoms with Gasteiger partial charge < -0.3 is 4.90 Å². The van der Waals surface area contributed by atoms with E-state index in [-0.39, 0.29) is 18.6 Å². The molecule has 3 nitrogen and oxygen atoms in total. The van der Waals surface area contributed by atoms with E-state index in [1.165, 1.54) is 6.92 Å². The van der Waals surface area contributed by atoms with Gasteiger partial charge in [0.1, 0.15) is 6.67 Å². The molecule has 70 valence electrons. The monoisotopic (exact) mass is 174 g/mol. The smallest absolute Gasteiger partial charge is 0.219 e. The van der Waals surface area contributed by atoms with Crippen LogP contribution in [0.4, 0.5) is 4.39 Å². The summed E-state index contributed by atoms with van der Waals surface area (Å²) < 4.78 is 12.4. The van der Waals surface area contributed by atoms with Gasteiger partial charge in [0.15, 0.2) is 0 Å². The molecule has 0 spiro atoms. The number of carbonyl (C=O) groups excluding carboxylic acids is 1. The maximum absolute atomic E-state index is 12.4. The van der Waals surface area contributed by atoms with Crippen molar-refractivity contribution in [2.45, 2.75) is 13.0 Å². The van der Waals surface area contributed by atoms with Crippen molar-refractivity contribution in [2.24, 2.45) is 0 Å². The third-order valence-electron chi connectivity index (χ3n) is 2.40. The van der Waals surface area contributed by atoms with Crippen molar-refractivity contribution in [3.63, 3.8) is 0 Å². The van der Waals surface area contributed by atoms with E-state index in [0.29, 0.717) is 6.54 Å². The lowest BCUT2D eigenvalue weighted by Crippen LogP contribution is -2.53. The first-order chi connectivity index (χ1) is 5.65. The Hall–Kier alpha value is -0.640. The molecule has 0 bridgehead atoms. The maximum atomic E-state index is 12.4. The maximum Gasteiger partial charge on any atom is 0.219 e. The molecule has 1 amide bonds. The minimum absolute atomic E-state index is 0.0431. The van der Waals surface area contributed by atoms with Crippen molar-refractivity contribution >= 4 is 5.91 Å². The Morgan fingerprint density at radius 2 is 2.25 bits per heavy atom. The highest BCUT2D eigenvalue weighted by Crippen LogP contribution is 2.07. The Morgan fingerprint density at radius 1 is 1.58 bits per heavy atom. The summed E-state index contributed by atoms with van der Waals surface area (Å²) in [5.41, 5.74) is 0. The Kier molecular flexibility index (Phi) is 3.03. The molecule has 0 radical (unpaired) electrons. The number of piperazine rings is 1. The zero-order valence-electron chi connectivity index (χ0n) is 7.59. The van der Waals surface area contributed by atoms with E-state index < -0.39 is 0 Å². The van der Waals surface area contributed by atoms with Gasteiger partial charge in [-0.05, 0) is 7.05 Å². The summed E-state index contributed by atoms with van der Waals surface area (Å²) in [6.07, 6.45) is 0. The highest BCUT2D eigenvalue weighted by atomic mass is 19.1. The van der Waals surface area contributed by atoms with Crippen LogP contribution in [0.15, 0.2) is 0 Å². The molecule has 1 saturated heterocycles. The Bertz CT molecular complexity index is 174. The van der Waals surface area contributed by atoms with Crippen LogP contribution in [-0.2, 0) is 4.79 Å². The minimum Gasteiger partial charge on any atom is -0.340 e. The van der Waals surface area contributed by atoms with Crippen LogP contribution in [-0.4, -0.2) is 55.1 Å². The average molecular weight is 174 g/mol. The summed E-state index contributed by atoms with van der Waals surface area (Å²) in [6.45, 7) is 3.18. The lowest BCUT2D eigenvalue weighted by Gasteiger charge is -2.37. The molecule has 4 heteroatoms. The summed E-state index contributed by atoms with van der Waals surface area (Å²) in [6, 6.07) is -0.109. The van der Waals surface area contributed by atoms with Gasteiger partial charge in [-0.25, -0.2) is 4.39 Å².